The van der Waals surface area contributed by atoms with Gasteiger partial charge in [0.2, 0.25) is 0 Å². The lowest BCUT2D eigenvalue weighted by molar-refractivity contribution is -0.128. The van der Waals surface area contributed by atoms with E-state index in [1.807, 2.05) is 45.0 Å². The van der Waals surface area contributed by atoms with E-state index >= 15 is 0 Å². The van der Waals surface area contributed by atoms with Crippen molar-refractivity contribution in [3.05, 3.63) is 65.5 Å². The number of hydrogen-bond acceptors (Lipinski definition) is 2. The summed E-state index contributed by atoms with van der Waals surface area (Å²) < 4.78 is 18.7. The molecular weight excluding hydrogens is 293 g/mol. The van der Waals surface area contributed by atoms with Crippen molar-refractivity contribution in [3.8, 4) is 5.75 Å². The number of ether oxygens (including phenoxy) is 1. The number of amides is 1. The van der Waals surface area contributed by atoms with Gasteiger partial charge >= 0.3 is 0 Å². The summed E-state index contributed by atoms with van der Waals surface area (Å²) in [7, 11) is 0. The van der Waals surface area contributed by atoms with Crippen molar-refractivity contribution >= 4 is 5.91 Å². The fraction of sp³-hybridized carbons (Fsp3) is 0.316. The lowest BCUT2D eigenvalue weighted by Gasteiger charge is -2.21. The number of carbonyl (C=O) groups is 1. The lowest BCUT2D eigenvalue weighted by atomic mass is 10.1. The van der Waals surface area contributed by atoms with Gasteiger partial charge < -0.3 is 10.1 Å². The third-order valence-corrected chi connectivity index (χ3v) is 3.69. The second-order valence-electron chi connectivity index (χ2n) is 5.61. The molecule has 0 aromatic heterocycles. The largest absolute Gasteiger partial charge is 0.481 e. The summed E-state index contributed by atoms with van der Waals surface area (Å²) in [6.07, 6.45) is 0.0103. The molecule has 23 heavy (non-hydrogen) atoms. The van der Waals surface area contributed by atoms with Crippen LogP contribution in [0.2, 0.25) is 0 Å². The molecule has 0 spiro atoms. The van der Waals surface area contributed by atoms with Crippen molar-refractivity contribution in [1.29, 1.82) is 0 Å². The minimum absolute atomic E-state index is 0.176. The zero-order valence-corrected chi connectivity index (χ0v) is 13.7. The van der Waals surface area contributed by atoms with Crippen LogP contribution in [0.1, 0.15) is 37.4 Å². The number of rotatable bonds is 6. The fourth-order valence-electron chi connectivity index (χ4n) is 2.24. The number of halogens is 1. The molecule has 0 bridgehead atoms. The molecule has 0 unspecified atom stereocenters. The predicted octanol–water partition coefficient (Wildman–Crippen LogP) is 4.17. The topological polar surface area (TPSA) is 38.3 Å². The highest BCUT2D eigenvalue weighted by molar-refractivity contribution is 5.81. The molecule has 0 radical (unpaired) electrons. The number of carbonyl (C=O) groups excluding carboxylic acids is 1. The second-order valence-corrected chi connectivity index (χ2v) is 5.61. The maximum atomic E-state index is 13.0. The normalized spacial score (nSPS) is 13.2. The Hall–Kier alpha value is -2.36. The minimum atomic E-state index is -0.555. The van der Waals surface area contributed by atoms with E-state index in [2.05, 4.69) is 5.32 Å². The zero-order chi connectivity index (χ0) is 16.8. The average molecular weight is 315 g/mol. The summed E-state index contributed by atoms with van der Waals surface area (Å²) >= 11 is 0. The van der Waals surface area contributed by atoms with Crippen LogP contribution >= 0.6 is 0 Å². The molecule has 0 saturated heterocycles. The first-order valence-electron chi connectivity index (χ1n) is 7.78. The molecule has 122 valence electrons. The number of benzene rings is 2. The maximum absolute atomic E-state index is 13.0. The van der Waals surface area contributed by atoms with E-state index in [9.17, 15) is 9.18 Å². The molecule has 2 rings (SSSR count). The highest BCUT2D eigenvalue weighted by atomic mass is 19.1. The minimum Gasteiger partial charge on any atom is -0.481 e. The van der Waals surface area contributed by atoms with Crippen LogP contribution in [0.15, 0.2) is 48.5 Å². The molecule has 0 saturated carbocycles. The van der Waals surface area contributed by atoms with Gasteiger partial charge in [-0.15, -0.1) is 0 Å². The van der Waals surface area contributed by atoms with E-state index in [1.54, 1.807) is 12.1 Å². The molecule has 1 amide bonds. The summed E-state index contributed by atoms with van der Waals surface area (Å²) in [4.78, 5) is 12.4. The number of nitrogens with one attached hydrogen (secondary N) is 1. The number of aryl methyl sites for hydroxylation is 1. The van der Waals surface area contributed by atoms with Gasteiger partial charge in [0.15, 0.2) is 6.10 Å². The summed E-state index contributed by atoms with van der Waals surface area (Å²) in [5, 5.41) is 2.91. The van der Waals surface area contributed by atoms with Gasteiger partial charge in [0, 0.05) is 0 Å². The Bertz CT molecular complexity index is 637. The Morgan fingerprint density at radius 1 is 1.13 bits per heavy atom. The highest BCUT2D eigenvalue weighted by Gasteiger charge is 2.20. The first kappa shape index (κ1) is 17.0. The van der Waals surface area contributed by atoms with Crippen LogP contribution in [0.25, 0.3) is 0 Å². The van der Waals surface area contributed by atoms with Gasteiger partial charge in [-0.2, -0.15) is 0 Å². The van der Waals surface area contributed by atoms with E-state index in [4.69, 9.17) is 4.74 Å². The average Bonchev–Trinajstić information content (AvgIpc) is 2.54. The molecule has 0 aliphatic rings. The van der Waals surface area contributed by atoms with Crippen molar-refractivity contribution in [3.63, 3.8) is 0 Å². The summed E-state index contributed by atoms with van der Waals surface area (Å²) in [5.74, 6) is 0.207. The standard InChI is InChI=1S/C19H22FNO2/c1-4-18(23-17-11-5-13(2)6-12-17)19(22)21-14(3)15-7-9-16(20)10-8-15/h5-12,14,18H,4H2,1-3H3,(H,21,22)/t14-,18-/m1/s1. The molecule has 3 nitrogen and oxygen atoms in total. The Kier molecular flexibility index (Phi) is 5.74. The van der Waals surface area contributed by atoms with E-state index in [1.165, 1.54) is 12.1 Å². The third kappa shape index (κ3) is 4.81. The molecule has 2 aromatic rings. The Morgan fingerprint density at radius 3 is 2.30 bits per heavy atom. The van der Waals surface area contributed by atoms with Crippen LogP contribution in [0.5, 0.6) is 5.75 Å². The molecule has 0 fully saturated rings. The predicted molar refractivity (Wildman–Crippen MR) is 88.8 cm³/mol. The van der Waals surface area contributed by atoms with Crippen molar-refractivity contribution < 1.29 is 13.9 Å². The van der Waals surface area contributed by atoms with Crippen molar-refractivity contribution in [2.45, 2.75) is 39.3 Å². The molecule has 1 N–H and O–H groups in total. The first-order chi connectivity index (χ1) is 11.0. The molecule has 2 aromatic carbocycles. The Labute approximate surface area is 136 Å². The first-order valence-corrected chi connectivity index (χ1v) is 7.78. The van der Waals surface area contributed by atoms with Crippen LogP contribution in [0.3, 0.4) is 0 Å². The Balaban J connectivity index is 1.99. The van der Waals surface area contributed by atoms with E-state index < -0.39 is 6.10 Å². The van der Waals surface area contributed by atoms with Crippen LogP contribution < -0.4 is 10.1 Å². The molecule has 0 aliphatic heterocycles. The molecule has 0 heterocycles. The molecule has 4 heteroatoms. The van der Waals surface area contributed by atoms with Crippen LogP contribution in [-0.2, 0) is 4.79 Å². The second kappa shape index (κ2) is 7.77. The molecular formula is C19H22FNO2. The van der Waals surface area contributed by atoms with E-state index in [-0.39, 0.29) is 17.8 Å². The molecule has 0 aliphatic carbocycles. The molecule has 2 atom stereocenters. The van der Waals surface area contributed by atoms with Gasteiger partial charge in [-0.3, -0.25) is 4.79 Å². The fourth-order valence-corrected chi connectivity index (χ4v) is 2.24. The van der Waals surface area contributed by atoms with Gasteiger partial charge in [0.05, 0.1) is 6.04 Å². The SMILES string of the molecule is CC[C@@H](Oc1ccc(C)cc1)C(=O)N[C@H](C)c1ccc(F)cc1. The smallest absolute Gasteiger partial charge is 0.261 e. The van der Waals surface area contributed by atoms with Crippen molar-refractivity contribution in [2.75, 3.05) is 0 Å². The van der Waals surface area contributed by atoms with Crippen molar-refractivity contribution in [1.82, 2.24) is 5.32 Å². The summed E-state index contributed by atoms with van der Waals surface area (Å²) in [5.41, 5.74) is 1.99. The Morgan fingerprint density at radius 2 is 1.74 bits per heavy atom. The van der Waals surface area contributed by atoms with Gasteiger partial charge in [0.25, 0.3) is 5.91 Å². The highest BCUT2D eigenvalue weighted by Crippen LogP contribution is 2.17. The van der Waals surface area contributed by atoms with Gasteiger partial charge in [-0.05, 0) is 50.1 Å². The zero-order valence-electron chi connectivity index (χ0n) is 13.7. The summed E-state index contributed by atoms with van der Waals surface area (Å²) in [6, 6.07) is 13.5. The van der Waals surface area contributed by atoms with Crippen LogP contribution in [0.4, 0.5) is 4.39 Å². The number of hydrogen-bond donors (Lipinski definition) is 1. The lowest BCUT2D eigenvalue weighted by Crippen LogP contribution is -2.39. The van der Waals surface area contributed by atoms with E-state index in [0.717, 1.165) is 11.1 Å². The van der Waals surface area contributed by atoms with Crippen molar-refractivity contribution in [2.24, 2.45) is 0 Å². The van der Waals surface area contributed by atoms with Gasteiger partial charge in [-0.25, -0.2) is 4.39 Å². The van der Waals surface area contributed by atoms with Crippen LogP contribution in [-0.4, -0.2) is 12.0 Å². The monoisotopic (exact) mass is 315 g/mol. The van der Waals surface area contributed by atoms with Gasteiger partial charge in [0.1, 0.15) is 11.6 Å². The van der Waals surface area contributed by atoms with Crippen LogP contribution in [0, 0.1) is 12.7 Å². The van der Waals surface area contributed by atoms with Gasteiger partial charge in [-0.1, -0.05) is 36.8 Å². The third-order valence-electron chi connectivity index (χ3n) is 3.69. The quantitative estimate of drug-likeness (QED) is 0.869. The van der Waals surface area contributed by atoms with E-state index in [0.29, 0.717) is 12.2 Å². The summed E-state index contributed by atoms with van der Waals surface area (Å²) in [6.45, 7) is 5.77. The maximum Gasteiger partial charge on any atom is 0.261 e.